The maximum Gasteiger partial charge on any atom is 0.418 e. The van der Waals surface area contributed by atoms with E-state index in [1.165, 1.54) is 6.07 Å². The number of hydrogen-bond donors (Lipinski definition) is 1. The lowest BCUT2D eigenvalue weighted by Gasteiger charge is -2.14. The number of fused-ring (bicyclic) bond motifs is 1. The molecular formula is C20H13ClF3NO3. The molecule has 28 heavy (non-hydrogen) atoms. The van der Waals surface area contributed by atoms with Crippen LogP contribution in [0.25, 0.3) is 10.8 Å². The molecule has 0 aliphatic rings. The van der Waals surface area contributed by atoms with Crippen LogP contribution >= 0.6 is 11.6 Å². The second kappa shape index (κ2) is 7.90. The van der Waals surface area contributed by atoms with Gasteiger partial charge in [0.15, 0.2) is 6.61 Å². The molecule has 0 atom stereocenters. The highest BCUT2D eigenvalue weighted by atomic mass is 35.5. The molecule has 0 aliphatic carbocycles. The van der Waals surface area contributed by atoms with Crippen LogP contribution in [0.3, 0.4) is 0 Å². The van der Waals surface area contributed by atoms with Gasteiger partial charge in [-0.05, 0) is 35.0 Å². The zero-order valence-corrected chi connectivity index (χ0v) is 15.0. The molecule has 0 saturated carbocycles. The first kappa shape index (κ1) is 19.7. The van der Waals surface area contributed by atoms with E-state index in [0.29, 0.717) is 11.5 Å². The summed E-state index contributed by atoms with van der Waals surface area (Å²) in [6, 6.07) is 15.1. The summed E-state index contributed by atoms with van der Waals surface area (Å²) in [5, 5.41) is 3.44. The number of anilines is 1. The van der Waals surface area contributed by atoms with Crippen molar-refractivity contribution in [3.05, 3.63) is 76.8 Å². The number of nitrogens with one attached hydrogen (secondary N) is 1. The molecule has 0 saturated heterocycles. The molecule has 0 aliphatic heterocycles. The van der Waals surface area contributed by atoms with E-state index in [-0.39, 0.29) is 10.6 Å². The molecule has 3 rings (SSSR count). The Balaban J connectivity index is 1.70. The van der Waals surface area contributed by atoms with Gasteiger partial charge in [0.25, 0.3) is 5.91 Å². The summed E-state index contributed by atoms with van der Waals surface area (Å²) >= 11 is 5.60. The topological polar surface area (TPSA) is 55.4 Å². The van der Waals surface area contributed by atoms with E-state index in [2.05, 4.69) is 5.32 Å². The van der Waals surface area contributed by atoms with E-state index in [1.807, 2.05) is 18.2 Å². The summed E-state index contributed by atoms with van der Waals surface area (Å²) < 4.78 is 44.2. The number of carbonyl (C=O) groups is 2. The van der Waals surface area contributed by atoms with Gasteiger partial charge in [-0.2, -0.15) is 13.2 Å². The van der Waals surface area contributed by atoms with Crippen LogP contribution in [0.2, 0.25) is 5.02 Å². The third-order valence-electron chi connectivity index (χ3n) is 3.91. The number of halogens is 4. The number of alkyl halides is 3. The molecule has 1 N–H and O–H groups in total. The summed E-state index contributed by atoms with van der Waals surface area (Å²) in [6.45, 7) is -0.734. The van der Waals surface area contributed by atoms with E-state index in [0.717, 1.165) is 11.5 Å². The van der Waals surface area contributed by atoms with E-state index in [9.17, 15) is 22.8 Å². The van der Waals surface area contributed by atoms with Crippen LogP contribution in [0.1, 0.15) is 15.9 Å². The fraction of sp³-hybridized carbons (Fsp3) is 0.100. The molecule has 1 amide bonds. The van der Waals surface area contributed by atoms with Crippen molar-refractivity contribution in [1.82, 2.24) is 0 Å². The van der Waals surface area contributed by atoms with Gasteiger partial charge in [-0.3, -0.25) is 4.79 Å². The molecular weight excluding hydrogens is 395 g/mol. The van der Waals surface area contributed by atoms with Crippen molar-refractivity contribution >= 4 is 39.9 Å². The number of amides is 1. The first-order valence-corrected chi connectivity index (χ1v) is 8.45. The molecule has 0 radical (unpaired) electrons. The Labute approximate surface area is 162 Å². The zero-order chi connectivity index (χ0) is 20.3. The Morgan fingerprint density at radius 1 is 1.00 bits per heavy atom. The van der Waals surface area contributed by atoms with Crippen LogP contribution in [0.15, 0.2) is 60.7 Å². The standard InChI is InChI=1S/C20H13ClF3NO3/c21-13-8-9-17(16(10-13)20(22,23)24)25-18(26)11-28-19(27)15-7-3-5-12-4-1-2-6-14(12)15/h1-10H,11H2,(H,25,26). The molecule has 3 aromatic rings. The Morgan fingerprint density at radius 3 is 2.46 bits per heavy atom. The lowest BCUT2D eigenvalue weighted by Crippen LogP contribution is -2.22. The van der Waals surface area contributed by atoms with Gasteiger partial charge in [0.2, 0.25) is 0 Å². The van der Waals surface area contributed by atoms with Crippen LogP contribution < -0.4 is 5.32 Å². The minimum absolute atomic E-state index is 0.118. The number of esters is 1. The molecule has 0 spiro atoms. The van der Waals surface area contributed by atoms with Crippen LogP contribution in [-0.4, -0.2) is 18.5 Å². The maximum atomic E-state index is 13.1. The normalized spacial score (nSPS) is 11.3. The monoisotopic (exact) mass is 407 g/mol. The zero-order valence-electron chi connectivity index (χ0n) is 14.2. The van der Waals surface area contributed by atoms with Crippen molar-refractivity contribution in [3.63, 3.8) is 0 Å². The van der Waals surface area contributed by atoms with Crippen molar-refractivity contribution in [2.45, 2.75) is 6.18 Å². The predicted octanol–water partition coefficient (Wildman–Crippen LogP) is 5.31. The highest BCUT2D eigenvalue weighted by Gasteiger charge is 2.34. The van der Waals surface area contributed by atoms with Crippen molar-refractivity contribution in [3.8, 4) is 0 Å². The van der Waals surface area contributed by atoms with E-state index >= 15 is 0 Å². The van der Waals surface area contributed by atoms with E-state index in [4.69, 9.17) is 16.3 Å². The van der Waals surface area contributed by atoms with Crippen molar-refractivity contribution in [2.75, 3.05) is 11.9 Å². The first-order chi connectivity index (χ1) is 13.3. The van der Waals surface area contributed by atoms with Crippen LogP contribution in [-0.2, 0) is 15.7 Å². The highest BCUT2D eigenvalue weighted by molar-refractivity contribution is 6.30. The van der Waals surface area contributed by atoms with Gasteiger partial charge in [-0.1, -0.05) is 48.0 Å². The average molecular weight is 408 g/mol. The van der Waals surface area contributed by atoms with Crippen LogP contribution in [0.5, 0.6) is 0 Å². The quantitative estimate of drug-likeness (QED) is 0.596. The Bertz CT molecular complexity index is 1050. The molecule has 0 aromatic heterocycles. The molecule has 144 valence electrons. The Morgan fingerprint density at radius 2 is 1.71 bits per heavy atom. The van der Waals surface area contributed by atoms with Crippen molar-refractivity contribution in [1.29, 1.82) is 0 Å². The molecule has 8 heteroatoms. The van der Waals surface area contributed by atoms with E-state index in [1.54, 1.807) is 24.3 Å². The summed E-state index contributed by atoms with van der Waals surface area (Å²) in [6.07, 6.45) is -4.70. The lowest BCUT2D eigenvalue weighted by molar-refractivity contribution is -0.137. The number of carbonyl (C=O) groups excluding carboxylic acids is 2. The second-order valence-corrected chi connectivity index (χ2v) is 6.28. The number of rotatable bonds is 4. The summed E-state index contributed by atoms with van der Waals surface area (Å²) in [4.78, 5) is 24.3. The lowest BCUT2D eigenvalue weighted by atomic mass is 10.1. The molecule has 0 unspecified atom stereocenters. The Hall–Kier alpha value is -3.06. The fourth-order valence-electron chi connectivity index (χ4n) is 2.66. The smallest absolute Gasteiger partial charge is 0.418 e. The van der Waals surface area contributed by atoms with E-state index < -0.39 is 35.9 Å². The van der Waals surface area contributed by atoms with Gasteiger partial charge >= 0.3 is 12.1 Å². The van der Waals surface area contributed by atoms with Gasteiger partial charge in [0.1, 0.15) is 0 Å². The van der Waals surface area contributed by atoms with Gasteiger partial charge < -0.3 is 10.1 Å². The first-order valence-electron chi connectivity index (χ1n) is 8.07. The van der Waals surface area contributed by atoms with Gasteiger partial charge in [0.05, 0.1) is 16.8 Å². The minimum Gasteiger partial charge on any atom is -0.452 e. The molecule has 4 nitrogen and oxygen atoms in total. The van der Waals surface area contributed by atoms with Crippen molar-refractivity contribution < 1.29 is 27.5 Å². The maximum absolute atomic E-state index is 13.1. The number of ether oxygens (including phenoxy) is 1. The van der Waals surface area contributed by atoms with Gasteiger partial charge in [0, 0.05) is 5.02 Å². The molecule has 0 heterocycles. The molecule has 0 bridgehead atoms. The second-order valence-electron chi connectivity index (χ2n) is 5.84. The SMILES string of the molecule is O=C(COC(=O)c1cccc2ccccc12)Nc1ccc(Cl)cc1C(F)(F)F. The summed E-state index contributed by atoms with van der Waals surface area (Å²) in [7, 11) is 0. The molecule has 0 fully saturated rings. The largest absolute Gasteiger partial charge is 0.452 e. The fourth-order valence-corrected chi connectivity index (χ4v) is 2.83. The summed E-state index contributed by atoms with van der Waals surface area (Å²) in [5.41, 5.74) is -1.30. The minimum atomic E-state index is -4.70. The number of benzene rings is 3. The molecule has 3 aromatic carbocycles. The predicted molar refractivity (Wildman–Crippen MR) is 99.3 cm³/mol. The summed E-state index contributed by atoms with van der Waals surface area (Å²) in [5.74, 6) is -1.65. The number of hydrogen-bond acceptors (Lipinski definition) is 3. The van der Waals surface area contributed by atoms with Gasteiger partial charge in [-0.25, -0.2) is 4.79 Å². The van der Waals surface area contributed by atoms with Crippen molar-refractivity contribution in [2.24, 2.45) is 0 Å². The highest BCUT2D eigenvalue weighted by Crippen LogP contribution is 2.36. The Kier molecular flexibility index (Phi) is 5.56. The van der Waals surface area contributed by atoms with Crippen LogP contribution in [0, 0.1) is 0 Å². The van der Waals surface area contributed by atoms with Crippen LogP contribution in [0.4, 0.5) is 18.9 Å². The van der Waals surface area contributed by atoms with Gasteiger partial charge in [-0.15, -0.1) is 0 Å². The third-order valence-corrected chi connectivity index (χ3v) is 4.14. The average Bonchev–Trinajstić information content (AvgIpc) is 2.66. The third kappa shape index (κ3) is 4.43.